The fourth-order valence-corrected chi connectivity index (χ4v) is 4.14. The fraction of sp³-hybridized carbons (Fsp3) is 0.375. The predicted octanol–water partition coefficient (Wildman–Crippen LogP) is 4.41. The monoisotopic (exact) mass is 462 g/mol. The fourth-order valence-electron chi connectivity index (χ4n) is 4.14. The third kappa shape index (κ3) is 3.85. The van der Waals surface area contributed by atoms with E-state index >= 15 is 0 Å². The minimum Gasteiger partial charge on any atom is -0.481 e. The summed E-state index contributed by atoms with van der Waals surface area (Å²) in [5, 5.41) is 16.1. The molecule has 0 saturated heterocycles. The van der Waals surface area contributed by atoms with Crippen LogP contribution < -0.4 is 15.0 Å². The number of hydrogen-bond donors (Lipinski definition) is 3. The van der Waals surface area contributed by atoms with Crippen LogP contribution >= 0.6 is 0 Å². The molecule has 0 amide bonds. The Labute approximate surface area is 197 Å². The predicted molar refractivity (Wildman–Crippen MR) is 134 cm³/mol. The number of rotatable bonds is 7. The molecule has 0 bridgehead atoms. The second-order valence-electron chi connectivity index (χ2n) is 8.62. The van der Waals surface area contributed by atoms with Crippen molar-refractivity contribution in [2.45, 2.75) is 47.6 Å². The van der Waals surface area contributed by atoms with Crippen molar-refractivity contribution in [3.63, 3.8) is 0 Å². The van der Waals surface area contributed by atoms with Gasteiger partial charge < -0.3 is 29.9 Å². The van der Waals surface area contributed by atoms with Crippen LogP contribution in [0.1, 0.15) is 38.0 Å². The lowest BCUT2D eigenvalue weighted by Crippen LogP contribution is -2.35. The highest BCUT2D eigenvalue weighted by atomic mass is 16.5. The molecule has 4 aromatic heterocycles. The molecule has 178 valence electrons. The number of fused-ring (bicyclic) bond motifs is 3. The van der Waals surface area contributed by atoms with E-state index in [1.165, 1.54) is 6.21 Å². The molecular formula is C24H30N8O2. The summed E-state index contributed by atoms with van der Waals surface area (Å²) < 4.78 is 11.1. The van der Waals surface area contributed by atoms with Gasteiger partial charge in [0, 0.05) is 24.9 Å². The Hall–Kier alpha value is -3.95. The number of nitrogens with one attached hydrogen (secondary N) is 3. The molecule has 0 unspecified atom stereocenters. The minimum absolute atomic E-state index is 0.171. The van der Waals surface area contributed by atoms with Gasteiger partial charge in [-0.1, -0.05) is 5.16 Å². The summed E-state index contributed by atoms with van der Waals surface area (Å²) in [6.07, 6.45) is 1.33. The number of hydrogen-bond acceptors (Lipinski definition) is 9. The Morgan fingerprint density at radius 3 is 2.56 bits per heavy atom. The maximum atomic E-state index is 7.80. The van der Waals surface area contributed by atoms with E-state index in [1.54, 1.807) is 7.11 Å². The molecule has 0 atom stereocenters. The van der Waals surface area contributed by atoms with Crippen molar-refractivity contribution in [2.75, 3.05) is 19.1 Å². The van der Waals surface area contributed by atoms with E-state index in [0.29, 0.717) is 34.4 Å². The van der Waals surface area contributed by atoms with E-state index in [1.807, 2.05) is 45.7 Å². The van der Waals surface area contributed by atoms with Crippen LogP contribution in [-0.4, -0.2) is 51.5 Å². The Morgan fingerprint density at radius 1 is 1.24 bits per heavy atom. The molecule has 4 heterocycles. The average Bonchev–Trinajstić information content (AvgIpc) is 3.32. The van der Waals surface area contributed by atoms with Crippen LogP contribution in [0, 0.1) is 26.2 Å². The van der Waals surface area contributed by atoms with Gasteiger partial charge in [-0.05, 0) is 47.6 Å². The highest BCUT2D eigenvalue weighted by Crippen LogP contribution is 2.39. The third-order valence-corrected chi connectivity index (χ3v) is 5.64. The molecule has 4 aromatic rings. The van der Waals surface area contributed by atoms with Gasteiger partial charge in [-0.2, -0.15) is 0 Å². The van der Waals surface area contributed by atoms with Crippen LogP contribution in [0.25, 0.3) is 33.2 Å². The van der Waals surface area contributed by atoms with E-state index < -0.39 is 0 Å². The van der Waals surface area contributed by atoms with Crippen molar-refractivity contribution in [1.82, 2.24) is 30.4 Å². The molecule has 4 rings (SSSR count). The topological polar surface area (TPSA) is 129 Å². The van der Waals surface area contributed by atoms with Crippen molar-refractivity contribution in [3.05, 3.63) is 34.7 Å². The lowest BCUT2D eigenvalue weighted by Gasteiger charge is -2.27. The van der Waals surface area contributed by atoms with E-state index in [-0.39, 0.29) is 6.04 Å². The summed E-state index contributed by atoms with van der Waals surface area (Å²) >= 11 is 0. The number of aromatic nitrogens is 5. The average molecular weight is 463 g/mol. The zero-order valence-corrected chi connectivity index (χ0v) is 20.8. The van der Waals surface area contributed by atoms with Gasteiger partial charge in [0.2, 0.25) is 5.88 Å². The molecule has 0 aliphatic rings. The first-order valence-electron chi connectivity index (χ1n) is 11.1. The molecule has 0 spiro atoms. The van der Waals surface area contributed by atoms with E-state index in [0.717, 1.165) is 39.1 Å². The first-order valence-corrected chi connectivity index (χ1v) is 11.1. The first kappa shape index (κ1) is 23.2. The molecule has 0 fully saturated rings. The SMILES string of the molecule is COc1nc2c(cc1-c1c(C)noc1C)[nH]c1nc(C)nc(N(C)/C(NC(C)C)=C(\C)C=N)c12. The molecule has 0 aromatic carbocycles. The van der Waals surface area contributed by atoms with Crippen LogP contribution in [0.15, 0.2) is 22.0 Å². The summed E-state index contributed by atoms with van der Waals surface area (Å²) in [5.41, 5.74) is 5.36. The van der Waals surface area contributed by atoms with Gasteiger partial charge in [0.25, 0.3) is 0 Å². The summed E-state index contributed by atoms with van der Waals surface area (Å²) in [5.74, 6) is 3.25. The molecule has 10 nitrogen and oxygen atoms in total. The van der Waals surface area contributed by atoms with Gasteiger partial charge in [-0.3, -0.25) is 0 Å². The lowest BCUT2D eigenvalue weighted by atomic mass is 10.0. The zero-order valence-electron chi connectivity index (χ0n) is 20.8. The van der Waals surface area contributed by atoms with Gasteiger partial charge in [-0.15, -0.1) is 0 Å². The van der Waals surface area contributed by atoms with Gasteiger partial charge >= 0.3 is 0 Å². The van der Waals surface area contributed by atoms with Gasteiger partial charge in [-0.25, -0.2) is 15.0 Å². The van der Waals surface area contributed by atoms with Crippen molar-refractivity contribution in [1.29, 1.82) is 5.41 Å². The van der Waals surface area contributed by atoms with E-state index in [4.69, 9.17) is 24.6 Å². The Bertz CT molecular complexity index is 1410. The van der Waals surface area contributed by atoms with Crippen LogP contribution in [0.2, 0.25) is 0 Å². The maximum Gasteiger partial charge on any atom is 0.221 e. The largest absolute Gasteiger partial charge is 0.481 e. The first-order chi connectivity index (χ1) is 16.2. The molecule has 34 heavy (non-hydrogen) atoms. The van der Waals surface area contributed by atoms with Crippen LogP contribution in [0.4, 0.5) is 5.82 Å². The lowest BCUT2D eigenvalue weighted by molar-refractivity contribution is 0.392. The van der Waals surface area contributed by atoms with Crippen LogP contribution in [-0.2, 0) is 0 Å². The number of pyridine rings is 1. The Morgan fingerprint density at radius 2 is 1.97 bits per heavy atom. The second kappa shape index (κ2) is 8.77. The van der Waals surface area contributed by atoms with Gasteiger partial charge in [0.15, 0.2) is 0 Å². The van der Waals surface area contributed by atoms with Gasteiger partial charge in [0.05, 0.1) is 34.8 Å². The molecule has 0 radical (unpaired) electrons. The van der Waals surface area contributed by atoms with Crippen molar-refractivity contribution in [2.24, 2.45) is 0 Å². The van der Waals surface area contributed by atoms with E-state index in [2.05, 4.69) is 34.3 Å². The number of aromatic amines is 1. The van der Waals surface area contributed by atoms with Crippen LogP contribution in [0.5, 0.6) is 5.88 Å². The number of methoxy groups -OCH3 is 1. The maximum absolute atomic E-state index is 7.80. The summed E-state index contributed by atoms with van der Waals surface area (Å²) in [6, 6.07) is 2.16. The number of allylic oxidation sites excluding steroid dienone is 1. The molecule has 0 saturated carbocycles. The zero-order chi connectivity index (χ0) is 24.7. The number of nitrogens with zero attached hydrogens (tertiary/aromatic N) is 5. The highest BCUT2D eigenvalue weighted by molar-refractivity contribution is 6.10. The van der Waals surface area contributed by atoms with Crippen molar-refractivity contribution in [3.8, 4) is 17.0 Å². The number of H-pyrrole nitrogens is 1. The number of aryl methyl sites for hydroxylation is 3. The summed E-state index contributed by atoms with van der Waals surface area (Å²) in [6.45, 7) is 11.6. The molecule has 3 N–H and O–H groups in total. The standard InChI is InChI=1S/C24H30N8O2/c1-11(2)26-22(12(3)10-25)32(7)23-19-20-17(29-21(19)27-15(6)28-23)9-16(24(30-20)33-8)18-13(4)31-34-14(18)5/h9-11,25-26H,1-8H3,(H,27,28,29)/b22-12+,25-10?. The molecule has 10 heteroatoms. The Balaban J connectivity index is 2.02. The smallest absolute Gasteiger partial charge is 0.221 e. The van der Waals surface area contributed by atoms with Crippen molar-refractivity contribution < 1.29 is 9.26 Å². The second-order valence-corrected chi connectivity index (χ2v) is 8.62. The van der Waals surface area contributed by atoms with Crippen LogP contribution in [0.3, 0.4) is 0 Å². The minimum atomic E-state index is 0.171. The van der Waals surface area contributed by atoms with E-state index in [9.17, 15) is 0 Å². The third-order valence-electron chi connectivity index (χ3n) is 5.64. The quantitative estimate of drug-likeness (QED) is 0.345. The highest BCUT2D eigenvalue weighted by Gasteiger charge is 2.24. The number of ether oxygens (including phenoxy) is 1. The van der Waals surface area contributed by atoms with Gasteiger partial charge in [0.1, 0.15) is 34.4 Å². The Kier molecular flexibility index (Phi) is 5.99. The normalized spacial score (nSPS) is 12.4. The number of anilines is 1. The summed E-state index contributed by atoms with van der Waals surface area (Å²) in [4.78, 5) is 19.6. The summed E-state index contributed by atoms with van der Waals surface area (Å²) in [7, 11) is 3.52. The molecular weight excluding hydrogens is 432 g/mol. The van der Waals surface area contributed by atoms with Crippen molar-refractivity contribution >= 4 is 34.1 Å². The molecule has 0 aliphatic heterocycles. The molecule has 0 aliphatic carbocycles.